The van der Waals surface area contributed by atoms with Crippen LogP contribution in [0.5, 0.6) is 0 Å². The molecular weight excluding hydrogens is 243 g/mol. The van der Waals surface area contributed by atoms with Gasteiger partial charge in [-0.05, 0) is 24.4 Å². The first kappa shape index (κ1) is 11.4. The van der Waals surface area contributed by atoms with Crippen LogP contribution < -0.4 is 4.90 Å². The number of hydrogen-bond donors (Lipinski definition) is 0. The Morgan fingerprint density at radius 3 is 2.38 bits per heavy atom. The summed E-state index contributed by atoms with van der Waals surface area (Å²) in [5, 5.41) is -0.364. The van der Waals surface area contributed by atoms with Gasteiger partial charge in [0.15, 0.2) is 5.69 Å². The van der Waals surface area contributed by atoms with Crippen molar-refractivity contribution in [1.82, 2.24) is 9.97 Å². The molecule has 2 heterocycles. The number of halogens is 4. The fourth-order valence-electron chi connectivity index (χ4n) is 1.66. The Hall–Kier alpha value is -1.04. The van der Waals surface area contributed by atoms with Crippen molar-refractivity contribution in [1.29, 1.82) is 0 Å². The van der Waals surface area contributed by atoms with Gasteiger partial charge >= 0.3 is 6.18 Å². The van der Waals surface area contributed by atoms with E-state index in [0.717, 1.165) is 18.9 Å². The summed E-state index contributed by atoms with van der Waals surface area (Å²) in [5.41, 5.74) is -0.991. The molecule has 1 aromatic heterocycles. The van der Waals surface area contributed by atoms with Crippen LogP contribution in [0.25, 0.3) is 0 Å². The third kappa shape index (κ3) is 2.37. The highest BCUT2D eigenvalue weighted by Gasteiger charge is 2.34. The van der Waals surface area contributed by atoms with Crippen molar-refractivity contribution >= 4 is 17.4 Å². The molecule has 1 saturated heterocycles. The molecule has 1 aliphatic heterocycles. The number of nitrogens with zero attached hydrogens (tertiary/aromatic N) is 3. The van der Waals surface area contributed by atoms with E-state index in [1.165, 1.54) is 0 Å². The van der Waals surface area contributed by atoms with Crippen molar-refractivity contribution in [3.05, 3.63) is 17.0 Å². The second-order valence-corrected chi connectivity index (χ2v) is 3.91. The largest absolute Gasteiger partial charge is 0.433 e. The van der Waals surface area contributed by atoms with E-state index in [9.17, 15) is 13.2 Å². The summed E-state index contributed by atoms with van der Waals surface area (Å²) in [7, 11) is 0. The maximum absolute atomic E-state index is 12.5. The highest BCUT2D eigenvalue weighted by molar-refractivity contribution is 6.28. The summed E-state index contributed by atoms with van der Waals surface area (Å²) in [6.45, 7) is 1.43. The molecule has 0 radical (unpaired) electrons. The van der Waals surface area contributed by atoms with Crippen molar-refractivity contribution in [2.24, 2.45) is 0 Å². The van der Waals surface area contributed by atoms with Crippen LogP contribution in [-0.2, 0) is 6.18 Å². The van der Waals surface area contributed by atoms with Gasteiger partial charge in [-0.25, -0.2) is 9.97 Å². The Kier molecular flexibility index (Phi) is 2.92. The SMILES string of the molecule is FC(F)(F)c1cc(N2CCCC2)nc(Cl)n1. The van der Waals surface area contributed by atoms with Crippen molar-refractivity contribution in [2.45, 2.75) is 19.0 Å². The van der Waals surface area contributed by atoms with Crippen molar-refractivity contribution in [3.8, 4) is 0 Å². The van der Waals surface area contributed by atoms with Crippen LogP contribution in [0.3, 0.4) is 0 Å². The molecule has 0 amide bonds. The molecule has 1 fully saturated rings. The minimum Gasteiger partial charge on any atom is -0.356 e. The topological polar surface area (TPSA) is 29.0 Å². The fourth-order valence-corrected chi connectivity index (χ4v) is 1.84. The molecule has 3 nitrogen and oxygen atoms in total. The van der Waals surface area contributed by atoms with Crippen LogP contribution in [-0.4, -0.2) is 23.1 Å². The third-order valence-corrected chi connectivity index (χ3v) is 2.57. The zero-order valence-corrected chi connectivity index (χ0v) is 9.02. The average molecular weight is 252 g/mol. The summed E-state index contributed by atoms with van der Waals surface area (Å²) in [6, 6.07) is 0.942. The van der Waals surface area contributed by atoms with Gasteiger partial charge in [-0.1, -0.05) is 0 Å². The lowest BCUT2D eigenvalue weighted by Crippen LogP contribution is -2.20. The molecule has 1 aliphatic rings. The van der Waals surface area contributed by atoms with Crippen LogP contribution in [0.15, 0.2) is 6.07 Å². The lowest BCUT2D eigenvalue weighted by Gasteiger charge is -2.17. The first-order valence-electron chi connectivity index (χ1n) is 4.83. The van der Waals surface area contributed by atoms with Crippen LogP contribution in [0.4, 0.5) is 19.0 Å². The Morgan fingerprint density at radius 2 is 1.81 bits per heavy atom. The smallest absolute Gasteiger partial charge is 0.356 e. The number of alkyl halides is 3. The standard InChI is InChI=1S/C9H9ClF3N3/c10-8-14-6(9(11,12)13)5-7(15-8)16-3-1-2-4-16/h5H,1-4H2. The lowest BCUT2D eigenvalue weighted by atomic mass is 10.3. The zero-order valence-electron chi connectivity index (χ0n) is 8.26. The van der Waals surface area contributed by atoms with E-state index in [1.54, 1.807) is 4.90 Å². The van der Waals surface area contributed by atoms with Gasteiger partial charge in [-0.15, -0.1) is 0 Å². The molecule has 0 aromatic carbocycles. The van der Waals surface area contributed by atoms with E-state index in [0.29, 0.717) is 13.1 Å². The molecule has 0 unspecified atom stereocenters. The van der Waals surface area contributed by atoms with Crippen LogP contribution in [0, 0.1) is 0 Å². The first-order chi connectivity index (χ1) is 7.47. The molecule has 0 aliphatic carbocycles. The third-order valence-electron chi connectivity index (χ3n) is 2.41. The molecule has 0 atom stereocenters. The summed E-state index contributed by atoms with van der Waals surface area (Å²) >= 11 is 5.49. The minimum atomic E-state index is -4.49. The van der Waals surface area contributed by atoms with Gasteiger partial charge in [0.05, 0.1) is 0 Å². The second kappa shape index (κ2) is 4.08. The van der Waals surface area contributed by atoms with Crippen LogP contribution in [0.2, 0.25) is 5.28 Å². The van der Waals surface area contributed by atoms with E-state index in [1.807, 2.05) is 0 Å². The van der Waals surface area contributed by atoms with E-state index in [4.69, 9.17) is 11.6 Å². The Bertz CT molecular complexity index is 388. The summed E-state index contributed by atoms with van der Waals surface area (Å²) in [6.07, 6.45) is -2.56. The lowest BCUT2D eigenvalue weighted by molar-refractivity contribution is -0.141. The Labute approximate surface area is 95.2 Å². The predicted octanol–water partition coefficient (Wildman–Crippen LogP) is 2.75. The van der Waals surface area contributed by atoms with E-state index < -0.39 is 11.9 Å². The van der Waals surface area contributed by atoms with Gasteiger partial charge in [-0.3, -0.25) is 0 Å². The molecule has 7 heteroatoms. The highest BCUT2D eigenvalue weighted by atomic mass is 35.5. The maximum atomic E-state index is 12.5. The van der Waals surface area contributed by atoms with E-state index in [-0.39, 0.29) is 11.1 Å². The number of hydrogen-bond acceptors (Lipinski definition) is 3. The van der Waals surface area contributed by atoms with Crippen LogP contribution >= 0.6 is 11.6 Å². The molecule has 2 rings (SSSR count). The van der Waals surface area contributed by atoms with Crippen molar-refractivity contribution in [2.75, 3.05) is 18.0 Å². The highest BCUT2D eigenvalue weighted by Crippen LogP contribution is 2.31. The van der Waals surface area contributed by atoms with Gasteiger partial charge < -0.3 is 4.90 Å². The van der Waals surface area contributed by atoms with Gasteiger partial charge in [0.25, 0.3) is 0 Å². The molecule has 0 spiro atoms. The molecule has 88 valence electrons. The second-order valence-electron chi connectivity index (χ2n) is 3.57. The van der Waals surface area contributed by atoms with E-state index in [2.05, 4.69) is 9.97 Å². The van der Waals surface area contributed by atoms with Gasteiger partial charge in [-0.2, -0.15) is 13.2 Å². The monoisotopic (exact) mass is 251 g/mol. The number of rotatable bonds is 1. The minimum absolute atomic E-state index is 0.254. The Balaban J connectivity index is 2.35. The first-order valence-corrected chi connectivity index (χ1v) is 5.21. The summed E-state index contributed by atoms with van der Waals surface area (Å²) < 4.78 is 37.4. The molecule has 0 saturated carbocycles. The molecule has 0 N–H and O–H groups in total. The summed E-state index contributed by atoms with van der Waals surface area (Å²) in [5.74, 6) is 0.254. The van der Waals surface area contributed by atoms with Crippen molar-refractivity contribution < 1.29 is 13.2 Å². The maximum Gasteiger partial charge on any atom is 0.433 e. The van der Waals surface area contributed by atoms with E-state index >= 15 is 0 Å². The number of aromatic nitrogens is 2. The van der Waals surface area contributed by atoms with Gasteiger partial charge in [0, 0.05) is 19.2 Å². The predicted molar refractivity (Wildman–Crippen MR) is 53.5 cm³/mol. The quantitative estimate of drug-likeness (QED) is 0.719. The van der Waals surface area contributed by atoms with Gasteiger partial charge in [0.2, 0.25) is 5.28 Å². The number of anilines is 1. The van der Waals surface area contributed by atoms with Gasteiger partial charge in [0.1, 0.15) is 5.82 Å². The fraction of sp³-hybridized carbons (Fsp3) is 0.556. The summed E-state index contributed by atoms with van der Waals surface area (Å²) in [4.78, 5) is 8.77. The Morgan fingerprint density at radius 1 is 1.19 bits per heavy atom. The van der Waals surface area contributed by atoms with Crippen molar-refractivity contribution in [3.63, 3.8) is 0 Å². The zero-order chi connectivity index (χ0) is 11.8. The molecular formula is C9H9ClF3N3. The average Bonchev–Trinajstić information content (AvgIpc) is 2.68. The van der Waals surface area contributed by atoms with Crippen LogP contribution in [0.1, 0.15) is 18.5 Å². The molecule has 1 aromatic rings. The normalized spacial score (nSPS) is 16.9. The molecule has 0 bridgehead atoms. The molecule has 16 heavy (non-hydrogen) atoms.